The van der Waals surface area contributed by atoms with Crippen LogP contribution in [0, 0.1) is 11.7 Å². The molecular formula is C25H32FN5O2. The molecule has 1 aliphatic rings. The van der Waals surface area contributed by atoms with Crippen molar-refractivity contribution in [3.8, 4) is 11.3 Å². The number of fused-ring (bicyclic) bond motifs is 1. The fraction of sp³-hybridized carbons (Fsp3) is 0.520. The van der Waals surface area contributed by atoms with E-state index in [0.29, 0.717) is 34.8 Å². The normalized spacial score (nSPS) is 16.8. The lowest BCUT2D eigenvalue weighted by atomic mass is 9.70. The average molecular weight is 454 g/mol. The van der Waals surface area contributed by atoms with Crippen LogP contribution in [0.25, 0.3) is 22.4 Å². The molecule has 0 spiro atoms. The van der Waals surface area contributed by atoms with Crippen LogP contribution >= 0.6 is 0 Å². The molecule has 2 N–H and O–H groups in total. The van der Waals surface area contributed by atoms with Gasteiger partial charge in [0.1, 0.15) is 28.8 Å². The van der Waals surface area contributed by atoms with E-state index in [1.807, 2.05) is 4.57 Å². The van der Waals surface area contributed by atoms with E-state index in [0.717, 1.165) is 25.7 Å². The van der Waals surface area contributed by atoms with E-state index in [4.69, 9.17) is 10.5 Å². The van der Waals surface area contributed by atoms with Crippen molar-refractivity contribution in [3.63, 3.8) is 0 Å². The van der Waals surface area contributed by atoms with Crippen LogP contribution in [-0.4, -0.2) is 39.1 Å². The van der Waals surface area contributed by atoms with Crippen LogP contribution in [0.3, 0.4) is 0 Å². The Morgan fingerprint density at radius 3 is 2.67 bits per heavy atom. The number of nitrogens with two attached hydrogens (primary N) is 1. The fourth-order valence-corrected chi connectivity index (χ4v) is 5.14. The molecule has 1 fully saturated rings. The maximum absolute atomic E-state index is 15.3. The van der Waals surface area contributed by atoms with Gasteiger partial charge in [0.2, 0.25) is 0 Å². The summed E-state index contributed by atoms with van der Waals surface area (Å²) in [4.78, 5) is 26.5. The molecule has 2 heterocycles. The summed E-state index contributed by atoms with van der Waals surface area (Å²) in [6.45, 7) is 4.07. The fourth-order valence-electron chi connectivity index (χ4n) is 5.14. The summed E-state index contributed by atoms with van der Waals surface area (Å²) < 4.78 is 22.5. The van der Waals surface area contributed by atoms with Crippen molar-refractivity contribution in [2.24, 2.45) is 11.7 Å². The average Bonchev–Trinajstić information content (AvgIpc) is 3.28. The van der Waals surface area contributed by atoms with Gasteiger partial charge in [0, 0.05) is 23.7 Å². The molecule has 33 heavy (non-hydrogen) atoms. The van der Waals surface area contributed by atoms with Crippen molar-refractivity contribution < 1.29 is 13.9 Å². The molecule has 0 amide bonds. The van der Waals surface area contributed by atoms with Crippen molar-refractivity contribution in [1.82, 2.24) is 19.5 Å². The van der Waals surface area contributed by atoms with Gasteiger partial charge in [-0.05, 0) is 44.4 Å². The van der Waals surface area contributed by atoms with E-state index < -0.39 is 17.2 Å². The Morgan fingerprint density at radius 1 is 1.24 bits per heavy atom. The summed E-state index contributed by atoms with van der Waals surface area (Å²) in [5.41, 5.74) is 7.82. The Labute approximate surface area is 193 Å². The summed E-state index contributed by atoms with van der Waals surface area (Å²) in [5.74, 6) is -0.663. The molecule has 1 aromatic carbocycles. The van der Waals surface area contributed by atoms with Crippen LogP contribution in [0.2, 0.25) is 0 Å². The number of hydrogen-bond acceptors (Lipinski definition) is 6. The quantitative estimate of drug-likeness (QED) is 0.527. The number of carbonyl (C=O) groups excluding carboxylic acids is 1. The van der Waals surface area contributed by atoms with Gasteiger partial charge in [-0.3, -0.25) is 4.79 Å². The zero-order chi connectivity index (χ0) is 23.6. The standard InChI is InChI=1S/C25H32FN5O2/c1-16(2)31-15-30-22-21(28-14-29-23(22)31)18-9-10-20(26)19(11-18)25(13-27,24(32)33-3)12-17-7-5-4-6-8-17/h9-11,14-17H,4-8,12-13,27H2,1-3H3. The first-order valence-corrected chi connectivity index (χ1v) is 11.7. The van der Waals surface area contributed by atoms with Gasteiger partial charge in [-0.15, -0.1) is 0 Å². The second kappa shape index (κ2) is 9.55. The number of hydrogen-bond donors (Lipinski definition) is 1. The van der Waals surface area contributed by atoms with Crippen LogP contribution in [0.1, 0.15) is 64.0 Å². The molecule has 0 radical (unpaired) electrons. The van der Waals surface area contributed by atoms with Crippen molar-refractivity contribution in [2.75, 3.05) is 13.7 Å². The lowest BCUT2D eigenvalue weighted by Gasteiger charge is -2.35. The predicted molar refractivity (Wildman–Crippen MR) is 125 cm³/mol. The highest BCUT2D eigenvalue weighted by Crippen LogP contribution is 2.40. The summed E-state index contributed by atoms with van der Waals surface area (Å²) in [5, 5.41) is 0. The lowest BCUT2D eigenvalue weighted by molar-refractivity contribution is -0.148. The van der Waals surface area contributed by atoms with Gasteiger partial charge >= 0.3 is 5.97 Å². The third-order valence-corrected chi connectivity index (χ3v) is 6.96. The summed E-state index contributed by atoms with van der Waals surface area (Å²) in [6.07, 6.45) is 9.15. The van der Waals surface area contributed by atoms with Gasteiger partial charge in [0.15, 0.2) is 5.65 Å². The molecule has 0 aliphatic heterocycles. The van der Waals surface area contributed by atoms with Crippen LogP contribution in [0.15, 0.2) is 30.9 Å². The van der Waals surface area contributed by atoms with Crippen molar-refractivity contribution >= 4 is 17.1 Å². The smallest absolute Gasteiger partial charge is 0.317 e. The Bertz CT molecular complexity index is 1140. The third kappa shape index (κ3) is 4.24. The minimum absolute atomic E-state index is 0.0301. The molecule has 176 valence electrons. The number of carbonyl (C=O) groups is 1. The van der Waals surface area contributed by atoms with Crippen molar-refractivity contribution in [2.45, 2.75) is 63.8 Å². The number of rotatable bonds is 7. The largest absolute Gasteiger partial charge is 0.468 e. The maximum atomic E-state index is 15.3. The van der Waals surface area contributed by atoms with E-state index in [1.54, 1.807) is 18.5 Å². The molecule has 4 rings (SSSR count). The maximum Gasteiger partial charge on any atom is 0.317 e. The molecule has 8 heteroatoms. The van der Waals surface area contributed by atoms with Gasteiger partial charge in [0.25, 0.3) is 0 Å². The minimum Gasteiger partial charge on any atom is -0.468 e. The molecule has 1 atom stereocenters. The Balaban J connectivity index is 1.84. The molecule has 7 nitrogen and oxygen atoms in total. The second-order valence-electron chi connectivity index (χ2n) is 9.32. The SMILES string of the molecule is COC(=O)C(CN)(CC1CCCCC1)c1cc(-c2ncnc3c2ncn3C(C)C)ccc1F. The number of aromatic nitrogens is 4. The first-order valence-electron chi connectivity index (χ1n) is 11.7. The predicted octanol–water partition coefficient (Wildman–Crippen LogP) is 4.55. The van der Waals surface area contributed by atoms with E-state index in [9.17, 15) is 4.79 Å². The van der Waals surface area contributed by atoms with Crippen LogP contribution < -0.4 is 5.73 Å². The van der Waals surface area contributed by atoms with Crippen LogP contribution in [0.4, 0.5) is 4.39 Å². The Kier molecular flexibility index (Phi) is 6.74. The summed E-state index contributed by atoms with van der Waals surface area (Å²) in [6, 6.07) is 4.92. The number of nitrogens with zero attached hydrogens (tertiary/aromatic N) is 4. The summed E-state index contributed by atoms with van der Waals surface area (Å²) >= 11 is 0. The highest BCUT2D eigenvalue weighted by Gasteiger charge is 2.44. The van der Waals surface area contributed by atoms with Crippen molar-refractivity contribution in [3.05, 3.63) is 42.2 Å². The van der Waals surface area contributed by atoms with E-state index in [1.165, 1.54) is 25.9 Å². The molecule has 1 saturated carbocycles. The van der Waals surface area contributed by atoms with Crippen molar-refractivity contribution in [1.29, 1.82) is 0 Å². The highest BCUT2D eigenvalue weighted by atomic mass is 19.1. The number of ether oxygens (including phenoxy) is 1. The van der Waals surface area contributed by atoms with Gasteiger partial charge in [-0.2, -0.15) is 0 Å². The third-order valence-electron chi connectivity index (χ3n) is 6.96. The molecule has 1 aliphatic carbocycles. The Morgan fingerprint density at radius 2 is 2.00 bits per heavy atom. The zero-order valence-electron chi connectivity index (χ0n) is 19.6. The molecule has 0 saturated heterocycles. The molecule has 2 aromatic heterocycles. The second-order valence-corrected chi connectivity index (χ2v) is 9.32. The number of methoxy groups -OCH3 is 1. The minimum atomic E-state index is -1.25. The highest BCUT2D eigenvalue weighted by molar-refractivity contribution is 5.89. The topological polar surface area (TPSA) is 95.9 Å². The van der Waals surface area contributed by atoms with E-state index in [-0.39, 0.29) is 18.2 Å². The number of esters is 1. The molecule has 0 bridgehead atoms. The molecular weight excluding hydrogens is 421 g/mol. The van der Waals surface area contributed by atoms with Gasteiger partial charge in [-0.25, -0.2) is 19.3 Å². The van der Waals surface area contributed by atoms with Crippen LogP contribution in [0.5, 0.6) is 0 Å². The Hall–Kier alpha value is -2.87. The lowest BCUT2D eigenvalue weighted by Crippen LogP contribution is -2.46. The number of imidazole rings is 1. The van der Waals surface area contributed by atoms with Gasteiger partial charge in [0.05, 0.1) is 13.4 Å². The van der Waals surface area contributed by atoms with Gasteiger partial charge in [-0.1, -0.05) is 32.1 Å². The zero-order valence-corrected chi connectivity index (χ0v) is 19.6. The molecule has 1 unspecified atom stereocenters. The number of halogens is 1. The first kappa shape index (κ1) is 23.3. The number of benzene rings is 1. The van der Waals surface area contributed by atoms with E-state index in [2.05, 4.69) is 28.8 Å². The van der Waals surface area contributed by atoms with Crippen LogP contribution in [-0.2, 0) is 14.9 Å². The van der Waals surface area contributed by atoms with E-state index >= 15 is 4.39 Å². The summed E-state index contributed by atoms with van der Waals surface area (Å²) in [7, 11) is 1.34. The first-order chi connectivity index (χ1) is 15.9. The monoisotopic (exact) mass is 453 g/mol. The van der Waals surface area contributed by atoms with Gasteiger partial charge < -0.3 is 15.0 Å². The molecule has 3 aromatic rings.